The van der Waals surface area contributed by atoms with Gasteiger partial charge >= 0.3 is 0 Å². The van der Waals surface area contributed by atoms with Crippen molar-refractivity contribution in [2.24, 2.45) is 0 Å². The molecule has 1 saturated heterocycles. The molecule has 1 atom stereocenters. The molecule has 108 valence electrons. The molecule has 1 fully saturated rings. The summed E-state index contributed by atoms with van der Waals surface area (Å²) in [6.45, 7) is 3.89. The molecule has 2 rings (SSSR count). The van der Waals surface area contributed by atoms with Crippen LogP contribution in [-0.2, 0) is 10.0 Å². The van der Waals surface area contributed by atoms with E-state index < -0.39 is 10.0 Å². The summed E-state index contributed by atoms with van der Waals surface area (Å²) < 4.78 is 26.7. The van der Waals surface area contributed by atoms with Crippen molar-refractivity contribution in [3.8, 4) is 0 Å². The number of thioether (sulfide) groups is 1. The summed E-state index contributed by atoms with van der Waals surface area (Å²) >= 11 is 1.55. The Labute approximate surface area is 125 Å². The van der Waals surface area contributed by atoms with Crippen LogP contribution in [0.2, 0.25) is 0 Å². The van der Waals surface area contributed by atoms with Gasteiger partial charge in [0, 0.05) is 30.6 Å². The maximum Gasteiger partial charge on any atom is 0.243 e. The van der Waals surface area contributed by atoms with Crippen molar-refractivity contribution < 1.29 is 8.42 Å². The number of benzene rings is 1. The molecule has 1 N–H and O–H groups in total. The van der Waals surface area contributed by atoms with Gasteiger partial charge in [0.2, 0.25) is 10.0 Å². The van der Waals surface area contributed by atoms with Gasteiger partial charge in [0.15, 0.2) is 0 Å². The van der Waals surface area contributed by atoms with E-state index in [1.54, 1.807) is 34.3 Å². The Hall–Kier alpha value is -0.270. The third-order valence-corrected chi connectivity index (χ3v) is 5.82. The molecule has 1 aliphatic rings. The topological polar surface area (TPSA) is 49.4 Å². The van der Waals surface area contributed by atoms with E-state index in [1.165, 1.54) is 0 Å². The fourth-order valence-electron chi connectivity index (χ4n) is 2.08. The van der Waals surface area contributed by atoms with E-state index in [0.29, 0.717) is 24.5 Å². The molecule has 0 aromatic heterocycles. The first-order valence-corrected chi connectivity index (χ1v) is 8.59. The fraction of sp³-hybridized carbons (Fsp3) is 0.500. The van der Waals surface area contributed by atoms with E-state index in [0.717, 1.165) is 4.90 Å². The van der Waals surface area contributed by atoms with Gasteiger partial charge < -0.3 is 5.32 Å². The van der Waals surface area contributed by atoms with Gasteiger partial charge in [0.05, 0.1) is 4.90 Å². The molecule has 0 aliphatic carbocycles. The molecule has 0 bridgehead atoms. The van der Waals surface area contributed by atoms with Gasteiger partial charge in [-0.1, -0.05) is 6.07 Å². The lowest BCUT2D eigenvalue weighted by Gasteiger charge is -2.32. The minimum Gasteiger partial charge on any atom is -0.314 e. The molecule has 1 aromatic rings. The average Bonchev–Trinajstić information content (AvgIpc) is 2.39. The van der Waals surface area contributed by atoms with E-state index in [1.807, 2.05) is 19.2 Å². The van der Waals surface area contributed by atoms with E-state index in [2.05, 4.69) is 5.32 Å². The van der Waals surface area contributed by atoms with Crippen LogP contribution in [-0.4, -0.2) is 44.7 Å². The number of sulfonamides is 1. The van der Waals surface area contributed by atoms with Crippen molar-refractivity contribution in [1.82, 2.24) is 9.62 Å². The number of hydrogen-bond donors (Lipinski definition) is 1. The van der Waals surface area contributed by atoms with Crippen LogP contribution in [0, 0.1) is 0 Å². The third kappa shape index (κ3) is 3.64. The number of hydrogen-bond acceptors (Lipinski definition) is 4. The van der Waals surface area contributed by atoms with Gasteiger partial charge in [-0.25, -0.2) is 8.42 Å². The first-order chi connectivity index (χ1) is 8.55. The Morgan fingerprint density at radius 3 is 2.79 bits per heavy atom. The van der Waals surface area contributed by atoms with Gasteiger partial charge in [0.1, 0.15) is 0 Å². The van der Waals surface area contributed by atoms with Crippen LogP contribution in [0.25, 0.3) is 0 Å². The highest BCUT2D eigenvalue weighted by Gasteiger charge is 2.30. The molecule has 1 heterocycles. The average molecular weight is 323 g/mol. The van der Waals surface area contributed by atoms with Crippen molar-refractivity contribution in [2.45, 2.75) is 22.8 Å². The largest absolute Gasteiger partial charge is 0.314 e. The number of rotatable bonds is 3. The smallest absolute Gasteiger partial charge is 0.243 e. The van der Waals surface area contributed by atoms with Gasteiger partial charge in [-0.3, -0.25) is 0 Å². The predicted molar refractivity (Wildman–Crippen MR) is 81.7 cm³/mol. The fourth-order valence-corrected chi connectivity index (χ4v) is 4.29. The Bertz CT molecular complexity index is 522. The summed E-state index contributed by atoms with van der Waals surface area (Å²) in [5.41, 5.74) is 0. The van der Waals surface area contributed by atoms with Crippen LogP contribution in [0.1, 0.15) is 6.92 Å². The second-order valence-corrected chi connectivity index (χ2v) is 7.12. The monoisotopic (exact) mass is 322 g/mol. The maximum atomic E-state index is 12.6. The minimum atomic E-state index is -3.36. The first-order valence-electron chi connectivity index (χ1n) is 5.92. The minimum absolute atomic E-state index is 0. The summed E-state index contributed by atoms with van der Waals surface area (Å²) in [6.07, 6.45) is 1.94. The Morgan fingerprint density at radius 1 is 1.42 bits per heavy atom. The Balaban J connectivity index is 0.00000180. The molecule has 0 amide bonds. The highest BCUT2D eigenvalue weighted by atomic mass is 35.5. The first kappa shape index (κ1) is 16.8. The highest BCUT2D eigenvalue weighted by molar-refractivity contribution is 7.98. The molecule has 4 nitrogen and oxygen atoms in total. The quantitative estimate of drug-likeness (QED) is 0.862. The van der Waals surface area contributed by atoms with E-state index in [4.69, 9.17) is 0 Å². The van der Waals surface area contributed by atoms with Crippen molar-refractivity contribution in [3.63, 3.8) is 0 Å². The summed E-state index contributed by atoms with van der Waals surface area (Å²) in [6, 6.07) is 7.14. The lowest BCUT2D eigenvalue weighted by Crippen LogP contribution is -2.52. The van der Waals surface area contributed by atoms with Crippen LogP contribution >= 0.6 is 24.2 Å². The highest BCUT2D eigenvalue weighted by Crippen LogP contribution is 2.23. The number of nitrogens with one attached hydrogen (secondary N) is 1. The molecule has 1 aromatic carbocycles. The SMILES string of the molecule is CSc1cccc(S(=O)(=O)N2CCNC[C@@H]2C)c1.Cl. The standard InChI is InChI=1S/C12H18N2O2S2.ClH/c1-10-9-13-6-7-14(10)18(15,16)12-5-3-4-11(8-12)17-2;/h3-5,8,10,13H,6-7,9H2,1-2H3;1H/t10-;/m0./s1. The zero-order valence-electron chi connectivity index (χ0n) is 11.0. The summed E-state index contributed by atoms with van der Waals surface area (Å²) in [5, 5.41) is 3.20. The number of piperazine rings is 1. The molecule has 1 aliphatic heterocycles. The van der Waals surface area contributed by atoms with Crippen LogP contribution < -0.4 is 5.32 Å². The van der Waals surface area contributed by atoms with Crippen LogP contribution in [0.3, 0.4) is 0 Å². The number of nitrogens with zero attached hydrogens (tertiary/aromatic N) is 1. The van der Waals surface area contributed by atoms with E-state index in [9.17, 15) is 8.42 Å². The summed E-state index contributed by atoms with van der Waals surface area (Å²) in [5.74, 6) is 0. The van der Waals surface area contributed by atoms with Crippen LogP contribution in [0.4, 0.5) is 0 Å². The van der Waals surface area contributed by atoms with Crippen molar-refractivity contribution >= 4 is 34.2 Å². The van der Waals surface area contributed by atoms with E-state index in [-0.39, 0.29) is 18.4 Å². The lowest BCUT2D eigenvalue weighted by molar-refractivity contribution is 0.284. The van der Waals surface area contributed by atoms with Crippen LogP contribution in [0.5, 0.6) is 0 Å². The van der Waals surface area contributed by atoms with Crippen molar-refractivity contribution in [3.05, 3.63) is 24.3 Å². The van der Waals surface area contributed by atoms with Gasteiger partial charge in [-0.05, 0) is 31.4 Å². The molecular formula is C12H19ClN2O2S2. The molecule has 0 saturated carbocycles. The van der Waals surface area contributed by atoms with Gasteiger partial charge in [-0.15, -0.1) is 24.2 Å². The maximum absolute atomic E-state index is 12.6. The zero-order valence-corrected chi connectivity index (χ0v) is 13.4. The van der Waals surface area contributed by atoms with Gasteiger partial charge in [-0.2, -0.15) is 4.31 Å². The summed E-state index contributed by atoms with van der Waals surface area (Å²) in [4.78, 5) is 1.36. The normalized spacial score (nSPS) is 20.8. The van der Waals surface area contributed by atoms with Crippen LogP contribution in [0.15, 0.2) is 34.1 Å². The Morgan fingerprint density at radius 2 is 2.16 bits per heavy atom. The molecular weight excluding hydrogens is 304 g/mol. The molecule has 19 heavy (non-hydrogen) atoms. The third-order valence-electron chi connectivity index (χ3n) is 3.09. The van der Waals surface area contributed by atoms with Gasteiger partial charge in [0.25, 0.3) is 0 Å². The summed E-state index contributed by atoms with van der Waals surface area (Å²) in [7, 11) is -3.36. The zero-order chi connectivity index (χ0) is 13.2. The molecule has 0 radical (unpaired) electrons. The lowest BCUT2D eigenvalue weighted by atomic mass is 10.3. The molecule has 0 unspecified atom stereocenters. The predicted octanol–water partition coefficient (Wildman–Crippen LogP) is 1.81. The Kier molecular flexibility index (Phi) is 6.14. The number of halogens is 1. The second kappa shape index (κ2) is 6.95. The van der Waals surface area contributed by atoms with Crippen molar-refractivity contribution in [2.75, 3.05) is 25.9 Å². The second-order valence-electron chi connectivity index (χ2n) is 4.35. The molecule has 7 heteroatoms. The van der Waals surface area contributed by atoms with Crippen molar-refractivity contribution in [1.29, 1.82) is 0 Å². The molecule has 0 spiro atoms. The van der Waals surface area contributed by atoms with E-state index >= 15 is 0 Å².